The predicted octanol–water partition coefficient (Wildman–Crippen LogP) is 5.60. The van der Waals surface area contributed by atoms with Gasteiger partial charge in [0.25, 0.3) is 5.56 Å². The highest BCUT2D eigenvalue weighted by Crippen LogP contribution is 2.33. The normalized spacial score (nSPS) is 13.0. The van der Waals surface area contributed by atoms with Gasteiger partial charge in [0.05, 0.1) is 12.2 Å². The maximum atomic E-state index is 13.3. The minimum absolute atomic E-state index is 0.0267. The van der Waals surface area contributed by atoms with E-state index in [4.69, 9.17) is 5.73 Å². The Morgan fingerprint density at radius 1 is 1.08 bits per heavy atom. The lowest BCUT2D eigenvalue weighted by Crippen LogP contribution is -2.34. The van der Waals surface area contributed by atoms with Gasteiger partial charge in [0.2, 0.25) is 5.91 Å². The molecule has 2 N–H and O–H groups in total. The lowest BCUT2D eigenvalue weighted by molar-refractivity contribution is -0.127. The van der Waals surface area contributed by atoms with Gasteiger partial charge in [-0.1, -0.05) is 32.0 Å². The lowest BCUT2D eigenvalue weighted by atomic mass is 9.99. The van der Waals surface area contributed by atoms with Crippen LogP contribution in [0, 0.1) is 0 Å². The molecule has 0 fully saturated rings. The van der Waals surface area contributed by atoms with Crippen molar-refractivity contribution < 1.29 is 4.79 Å². The third-order valence-corrected chi connectivity index (χ3v) is 7.41. The molecule has 5 rings (SSSR count). The van der Waals surface area contributed by atoms with Gasteiger partial charge in [-0.3, -0.25) is 9.59 Å². The molecule has 0 atom stereocenters. The third kappa shape index (κ3) is 5.31. The molecule has 1 amide bonds. The second kappa shape index (κ2) is 11.1. The van der Waals surface area contributed by atoms with Gasteiger partial charge in [-0.15, -0.1) is 11.3 Å². The lowest BCUT2D eigenvalue weighted by Gasteiger charge is -2.22. The topological polar surface area (TPSA) is 93.6 Å². The number of aromatic nitrogens is 2. The van der Waals surface area contributed by atoms with Crippen molar-refractivity contribution in [2.24, 2.45) is 10.7 Å². The number of hydrogen-bond acceptors (Lipinski definition) is 6. The van der Waals surface area contributed by atoms with Crippen molar-refractivity contribution in [2.75, 3.05) is 13.1 Å². The van der Waals surface area contributed by atoms with Crippen LogP contribution < -0.4 is 11.3 Å². The highest BCUT2D eigenvalue weighted by molar-refractivity contribution is 7.09. The van der Waals surface area contributed by atoms with Crippen LogP contribution in [0.3, 0.4) is 0 Å². The maximum Gasteiger partial charge on any atom is 0.258 e. The maximum absolute atomic E-state index is 13.3. The van der Waals surface area contributed by atoms with Crippen LogP contribution in [-0.4, -0.2) is 39.3 Å². The number of amidine groups is 1. The highest BCUT2D eigenvalue weighted by Gasteiger charge is 2.21. The average Bonchev–Trinajstić information content (AvgIpc) is 3.37. The zero-order valence-corrected chi connectivity index (χ0v) is 22.5. The molecule has 0 spiro atoms. The number of hydrogen-bond donors (Lipinski definition) is 1. The monoisotopic (exact) mass is 525 g/mol. The summed E-state index contributed by atoms with van der Waals surface area (Å²) in [7, 11) is 0. The summed E-state index contributed by atoms with van der Waals surface area (Å²) in [4.78, 5) is 37.1. The summed E-state index contributed by atoms with van der Waals surface area (Å²) in [6.07, 6.45) is 7.65. The van der Waals surface area contributed by atoms with Crippen LogP contribution in [0.25, 0.3) is 28.0 Å². The predicted molar refractivity (Wildman–Crippen MR) is 156 cm³/mol. The van der Waals surface area contributed by atoms with Gasteiger partial charge in [-0.05, 0) is 59.7 Å². The zero-order valence-electron chi connectivity index (χ0n) is 21.7. The number of amides is 1. The van der Waals surface area contributed by atoms with Crippen LogP contribution in [0.15, 0.2) is 75.6 Å². The van der Waals surface area contributed by atoms with Crippen LogP contribution >= 0.6 is 11.3 Å². The van der Waals surface area contributed by atoms with E-state index < -0.39 is 0 Å². The van der Waals surface area contributed by atoms with E-state index in [2.05, 4.69) is 23.8 Å². The molecule has 2 aromatic carbocycles. The van der Waals surface area contributed by atoms with Crippen LogP contribution in [-0.2, 0) is 11.3 Å². The van der Waals surface area contributed by atoms with E-state index >= 15 is 0 Å². The first kappa shape index (κ1) is 25.6. The van der Waals surface area contributed by atoms with Gasteiger partial charge in [0.15, 0.2) is 0 Å². The Morgan fingerprint density at radius 3 is 2.58 bits per heavy atom. The smallest absolute Gasteiger partial charge is 0.258 e. The van der Waals surface area contributed by atoms with Crippen LogP contribution in [0.4, 0.5) is 5.69 Å². The van der Waals surface area contributed by atoms with Gasteiger partial charge in [-0.2, -0.15) is 0 Å². The second-order valence-electron chi connectivity index (χ2n) is 9.49. The molecular weight excluding hydrogens is 494 g/mol. The molecule has 194 valence electrons. The Bertz CT molecular complexity index is 1590. The van der Waals surface area contributed by atoms with Crippen LogP contribution in [0.1, 0.15) is 43.7 Å². The summed E-state index contributed by atoms with van der Waals surface area (Å²) in [6, 6.07) is 13.8. The summed E-state index contributed by atoms with van der Waals surface area (Å²) in [5, 5.41) is 4.35. The first-order valence-corrected chi connectivity index (χ1v) is 13.8. The van der Waals surface area contributed by atoms with E-state index in [9.17, 15) is 9.59 Å². The number of fused-ring (bicyclic) bond motifs is 2. The largest absolute Gasteiger partial charge is 0.387 e. The van der Waals surface area contributed by atoms with E-state index in [1.165, 1.54) is 11.3 Å². The Kier molecular flexibility index (Phi) is 7.51. The van der Waals surface area contributed by atoms with Crippen molar-refractivity contribution >= 4 is 45.6 Å². The molecule has 3 heterocycles. The van der Waals surface area contributed by atoms with E-state index in [0.717, 1.165) is 58.7 Å². The summed E-state index contributed by atoms with van der Waals surface area (Å²) < 4.78 is 1.69. The fourth-order valence-electron chi connectivity index (χ4n) is 4.83. The molecular formula is C30H31N5O2S. The number of aliphatic imine (C=N–C) groups is 1. The number of thiazole rings is 1. The summed E-state index contributed by atoms with van der Waals surface area (Å²) in [5.74, 6) is 0.451. The van der Waals surface area contributed by atoms with E-state index in [1.54, 1.807) is 10.8 Å². The Balaban J connectivity index is 1.46. The Morgan fingerprint density at radius 2 is 1.84 bits per heavy atom. The number of carbonyl (C=O) groups is 1. The number of carbonyl (C=O) groups excluding carboxylic acids is 1. The fourth-order valence-corrected chi connectivity index (χ4v) is 5.45. The van der Waals surface area contributed by atoms with Crippen molar-refractivity contribution in [1.29, 1.82) is 0 Å². The zero-order chi connectivity index (χ0) is 26.6. The molecule has 0 aliphatic carbocycles. The number of benzene rings is 2. The van der Waals surface area contributed by atoms with Gasteiger partial charge in [0.1, 0.15) is 10.8 Å². The summed E-state index contributed by atoms with van der Waals surface area (Å²) in [6.45, 7) is 6.07. The molecule has 0 radical (unpaired) electrons. The number of nitrogens with two attached hydrogens (primary N) is 1. The number of pyridine rings is 1. The molecule has 1 aliphatic heterocycles. The highest BCUT2D eigenvalue weighted by atomic mass is 32.1. The first-order valence-electron chi connectivity index (χ1n) is 13.0. The molecule has 8 heteroatoms. The molecule has 0 unspecified atom stereocenters. The van der Waals surface area contributed by atoms with E-state index in [1.807, 2.05) is 65.0 Å². The third-order valence-electron chi connectivity index (χ3n) is 6.64. The summed E-state index contributed by atoms with van der Waals surface area (Å²) >= 11 is 1.54. The van der Waals surface area contributed by atoms with Crippen LogP contribution in [0.2, 0.25) is 0 Å². The molecule has 0 saturated carbocycles. The molecule has 0 bridgehead atoms. The number of rotatable bonds is 8. The molecule has 2 aromatic heterocycles. The molecule has 4 aromatic rings. The van der Waals surface area contributed by atoms with Crippen molar-refractivity contribution in [2.45, 2.75) is 39.7 Å². The fraction of sp³-hybridized carbons (Fsp3) is 0.267. The molecule has 7 nitrogen and oxygen atoms in total. The Labute approximate surface area is 226 Å². The van der Waals surface area contributed by atoms with Crippen molar-refractivity contribution in [3.8, 4) is 11.1 Å². The molecule has 38 heavy (non-hydrogen) atoms. The van der Waals surface area contributed by atoms with Gasteiger partial charge >= 0.3 is 0 Å². The summed E-state index contributed by atoms with van der Waals surface area (Å²) in [5.41, 5.74) is 10.5. The molecule has 0 saturated heterocycles. The average molecular weight is 526 g/mol. The van der Waals surface area contributed by atoms with Crippen LogP contribution in [0.5, 0.6) is 0 Å². The number of nitrogens with zero attached hydrogens (tertiary/aromatic N) is 4. The van der Waals surface area contributed by atoms with Gasteiger partial charge in [-0.25, -0.2) is 9.98 Å². The Hall–Kier alpha value is -4.04. The minimum Gasteiger partial charge on any atom is -0.387 e. The van der Waals surface area contributed by atoms with Gasteiger partial charge < -0.3 is 15.2 Å². The first-order chi connectivity index (χ1) is 18.5. The quantitative estimate of drug-likeness (QED) is 0.324. The van der Waals surface area contributed by atoms with E-state index in [-0.39, 0.29) is 11.5 Å². The minimum atomic E-state index is -0.0360. The standard InChI is InChI=1S/C30H31N5O2S/c1-3-11-34(12-4-2)29(36)24-16-23-6-5-21(17-26(23)33-27(31)18-24)20-7-8-25-22(15-20)9-13-35(30(25)37)19-28-32-10-14-38-28/h5-10,13-17H,3-4,11-12,18-19H2,1-2H3,(H2,31,33). The SMILES string of the molecule is CCCN(CCC)C(=O)C1=Cc2ccc(-c3ccc4c(=O)n(Cc5nccs5)ccc4c3)cc2N=C(N)C1. The molecule has 1 aliphatic rings. The van der Waals surface area contributed by atoms with Crippen molar-refractivity contribution in [1.82, 2.24) is 14.5 Å². The van der Waals surface area contributed by atoms with Gasteiger partial charge in [0, 0.05) is 53.8 Å². The van der Waals surface area contributed by atoms with Crippen molar-refractivity contribution in [3.63, 3.8) is 0 Å². The van der Waals surface area contributed by atoms with E-state index in [0.29, 0.717) is 29.8 Å². The second-order valence-corrected chi connectivity index (χ2v) is 10.5. The van der Waals surface area contributed by atoms with Crippen molar-refractivity contribution in [3.05, 3.63) is 86.7 Å².